The van der Waals surface area contributed by atoms with Crippen LogP contribution in [-0.2, 0) is 19.1 Å². The molecule has 4 N–H and O–H groups in total. The molecule has 2 atom stereocenters. The van der Waals surface area contributed by atoms with Crippen molar-refractivity contribution in [3.05, 3.63) is 109 Å². The molecule has 0 aromatic rings. The monoisotopic (exact) mass is 747 g/mol. The minimum atomic E-state index is -1.03. The van der Waals surface area contributed by atoms with Crippen LogP contribution in [0.1, 0.15) is 149 Å². The summed E-state index contributed by atoms with van der Waals surface area (Å²) >= 11 is 0. The molecule has 0 rings (SSSR count). The predicted octanol–water partition coefficient (Wildman–Crippen LogP) is 11.7. The number of aliphatic carboxylic acids is 1. The van der Waals surface area contributed by atoms with Crippen LogP contribution >= 0.6 is 0 Å². The van der Waals surface area contributed by atoms with E-state index in [9.17, 15) is 19.5 Å². The summed E-state index contributed by atoms with van der Waals surface area (Å²) in [6.45, 7) is 4.67. The molecule has 1 amide bonds. The van der Waals surface area contributed by atoms with Gasteiger partial charge in [-0.1, -0.05) is 130 Å². The molecule has 0 aliphatic rings. The van der Waals surface area contributed by atoms with Crippen LogP contribution in [0.2, 0.25) is 0 Å². The lowest BCUT2D eigenvalue weighted by molar-refractivity contribution is -0.147. The molecule has 302 valence electrons. The van der Waals surface area contributed by atoms with E-state index in [2.05, 4.69) is 122 Å². The Morgan fingerprint density at radius 1 is 0.556 bits per heavy atom. The van der Waals surface area contributed by atoms with Gasteiger partial charge in [-0.15, -0.1) is 0 Å². The number of carbonyl (C=O) groups excluding carboxylic acids is 2. The van der Waals surface area contributed by atoms with Crippen molar-refractivity contribution in [1.82, 2.24) is 5.32 Å². The molecule has 0 aliphatic heterocycles. The van der Waals surface area contributed by atoms with E-state index in [0.717, 1.165) is 103 Å². The normalized spacial score (nSPS) is 13.8. The van der Waals surface area contributed by atoms with E-state index in [1.165, 1.54) is 0 Å². The molecule has 0 aliphatic carbocycles. The van der Waals surface area contributed by atoms with Gasteiger partial charge in [0, 0.05) is 12.8 Å². The molecule has 2 unspecified atom stereocenters. The number of hydrogen-bond acceptors (Lipinski definition) is 5. The number of nitrogens with two attached hydrogens (primary N) is 1. The third-order valence-electron chi connectivity index (χ3n) is 8.32. The summed E-state index contributed by atoms with van der Waals surface area (Å²) in [7, 11) is 0. The molecule has 0 fully saturated rings. The molecule has 0 radical (unpaired) electrons. The van der Waals surface area contributed by atoms with E-state index in [0.29, 0.717) is 38.6 Å². The second kappa shape index (κ2) is 40.2. The van der Waals surface area contributed by atoms with E-state index in [1.807, 2.05) is 6.08 Å². The van der Waals surface area contributed by atoms with Gasteiger partial charge in [0.2, 0.25) is 5.91 Å². The molecular formula is C47H74N2O5. The Labute approximate surface area is 329 Å². The summed E-state index contributed by atoms with van der Waals surface area (Å²) in [5.74, 6) is -1.43. The molecule has 0 saturated heterocycles. The van der Waals surface area contributed by atoms with Crippen LogP contribution in [0.25, 0.3) is 0 Å². The lowest BCUT2D eigenvalue weighted by atomic mass is 10.1. The predicted molar refractivity (Wildman–Crippen MR) is 229 cm³/mol. The van der Waals surface area contributed by atoms with Gasteiger partial charge in [0.1, 0.15) is 12.1 Å². The summed E-state index contributed by atoms with van der Waals surface area (Å²) in [4.78, 5) is 36.3. The van der Waals surface area contributed by atoms with E-state index in [1.54, 1.807) is 0 Å². The largest absolute Gasteiger partial charge is 0.480 e. The number of ether oxygens (including phenoxy) is 1. The number of amides is 1. The molecule has 7 nitrogen and oxygen atoms in total. The number of allylic oxidation sites excluding steroid dienone is 17. The van der Waals surface area contributed by atoms with E-state index < -0.39 is 12.0 Å². The summed E-state index contributed by atoms with van der Waals surface area (Å²) in [6.07, 6.45) is 55.8. The van der Waals surface area contributed by atoms with Crippen LogP contribution in [0.4, 0.5) is 0 Å². The summed E-state index contributed by atoms with van der Waals surface area (Å²) in [6, 6.07) is -0.886. The highest BCUT2D eigenvalue weighted by atomic mass is 16.5. The van der Waals surface area contributed by atoms with Crippen molar-refractivity contribution in [2.75, 3.05) is 6.54 Å². The molecule has 7 heteroatoms. The first-order chi connectivity index (χ1) is 26.4. The maximum atomic E-state index is 12.7. The van der Waals surface area contributed by atoms with E-state index >= 15 is 0 Å². The molecular weight excluding hydrogens is 673 g/mol. The highest BCUT2D eigenvalue weighted by Crippen LogP contribution is 2.14. The van der Waals surface area contributed by atoms with Crippen molar-refractivity contribution in [3.63, 3.8) is 0 Å². The Morgan fingerprint density at radius 3 is 1.52 bits per heavy atom. The van der Waals surface area contributed by atoms with Gasteiger partial charge in [-0.05, 0) is 122 Å². The fourth-order valence-electron chi connectivity index (χ4n) is 5.27. The topological polar surface area (TPSA) is 119 Å². The number of rotatable bonds is 35. The van der Waals surface area contributed by atoms with Gasteiger partial charge < -0.3 is 20.9 Å². The lowest BCUT2D eigenvalue weighted by Crippen LogP contribution is -2.40. The van der Waals surface area contributed by atoms with Gasteiger partial charge in [-0.3, -0.25) is 9.59 Å². The summed E-state index contributed by atoms with van der Waals surface area (Å²) < 4.78 is 5.87. The molecule has 0 aromatic carbocycles. The zero-order valence-electron chi connectivity index (χ0n) is 33.8. The van der Waals surface area contributed by atoms with Gasteiger partial charge in [-0.25, -0.2) is 4.79 Å². The van der Waals surface area contributed by atoms with E-state index in [-0.39, 0.29) is 18.0 Å². The van der Waals surface area contributed by atoms with Crippen LogP contribution in [-0.4, -0.2) is 41.6 Å². The Bertz CT molecular complexity index is 1200. The third-order valence-corrected chi connectivity index (χ3v) is 8.32. The van der Waals surface area contributed by atoms with Crippen molar-refractivity contribution >= 4 is 17.8 Å². The van der Waals surface area contributed by atoms with Gasteiger partial charge in [0.05, 0.1) is 0 Å². The van der Waals surface area contributed by atoms with Crippen molar-refractivity contribution in [3.8, 4) is 0 Å². The van der Waals surface area contributed by atoms with Gasteiger partial charge in [0.15, 0.2) is 0 Å². The average molecular weight is 747 g/mol. The number of carboxylic acid groups (broad SMARTS) is 1. The number of hydrogen-bond donors (Lipinski definition) is 3. The van der Waals surface area contributed by atoms with Crippen molar-refractivity contribution in [2.45, 2.75) is 161 Å². The number of esters is 1. The standard InChI is InChI=1S/C47H74N2O5/c1-3-5-7-9-11-13-14-15-16-17-18-19-20-21-22-23-24-25-27-29-35-41-46(51)54-43(37-32-28-26-12-10-8-6-4-2)38-33-30-31-34-40-45(50)49-44(47(52)53)39-36-42-48/h5-8,11-13,15-16,18-19,21-22,24-26,32,37,43-44H,3-4,9-10,14,17,20,23,27-31,33-36,38-42,48H2,1-2H3,(H,49,50)(H,52,53)/b7-5-,8-6-,13-11-,16-15-,19-18-,22-21-,25-24-,26-12-,37-32-. The molecule has 0 spiro atoms. The van der Waals surface area contributed by atoms with E-state index in [4.69, 9.17) is 10.5 Å². The zero-order valence-corrected chi connectivity index (χ0v) is 33.8. The molecule has 0 heterocycles. The van der Waals surface area contributed by atoms with Crippen LogP contribution in [0.3, 0.4) is 0 Å². The van der Waals surface area contributed by atoms with Crippen LogP contribution in [0.5, 0.6) is 0 Å². The van der Waals surface area contributed by atoms with Gasteiger partial charge in [0.25, 0.3) is 0 Å². The fraction of sp³-hybridized carbons (Fsp3) is 0.553. The Hall–Kier alpha value is -3.97. The van der Waals surface area contributed by atoms with Gasteiger partial charge >= 0.3 is 11.9 Å². The van der Waals surface area contributed by atoms with Crippen molar-refractivity contribution < 1.29 is 24.2 Å². The number of carboxylic acids is 1. The summed E-state index contributed by atoms with van der Waals surface area (Å²) in [5.41, 5.74) is 5.47. The highest BCUT2D eigenvalue weighted by molar-refractivity contribution is 5.83. The lowest BCUT2D eigenvalue weighted by Gasteiger charge is -2.15. The van der Waals surface area contributed by atoms with Crippen molar-refractivity contribution in [2.24, 2.45) is 5.73 Å². The third kappa shape index (κ3) is 36.4. The fourth-order valence-corrected chi connectivity index (χ4v) is 5.27. The maximum Gasteiger partial charge on any atom is 0.326 e. The Balaban J connectivity index is 4.40. The first-order valence-electron chi connectivity index (χ1n) is 20.7. The van der Waals surface area contributed by atoms with Crippen molar-refractivity contribution in [1.29, 1.82) is 0 Å². The average Bonchev–Trinajstić information content (AvgIpc) is 3.16. The molecule has 54 heavy (non-hydrogen) atoms. The Morgan fingerprint density at radius 2 is 1.02 bits per heavy atom. The molecule has 0 saturated carbocycles. The van der Waals surface area contributed by atoms with Crippen LogP contribution in [0.15, 0.2) is 109 Å². The number of carbonyl (C=O) groups is 3. The highest BCUT2D eigenvalue weighted by Gasteiger charge is 2.19. The maximum absolute atomic E-state index is 12.7. The number of unbranched alkanes of at least 4 members (excludes halogenated alkanes) is 5. The smallest absolute Gasteiger partial charge is 0.326 e. The summed E-state index contributed by atoms with van der Waals surface area (Å²) in [5, 5.41) is 11.9. The Kier molecular flexibility index (Phi) is 37.3. The van der Waals surface area contributed by atoms with Crippen LogP contribution < -0.4 is 11.1 Å². The minimum absolute atomic E-state index is 0.160. The SMILES string of the molecule is CC/C=C\C/C=C\C/C=C\C/C=C\C/C=C\C/C=C\CCCCC(=O)OC(/C=C\C/C=C\C/C=C\CC)CCCCCCC(=O)NC(CCCN)C(=O)O. The first kappa shape index (κ1) is 50.0. The van der Waals surface area contributed by atoms with Gasteiger partial charge in [-0.2, -0.15) is 0 Å². The second-order valence-electron chi connectivity index (χ2n) is 13.3. The minimum Gasteiger partial charge on any atom is -0.480 e. The second-order valence-corrected chi connectivity index (χ2v) is 13.3. The zero-order chi connectivity index (χ0) is 39.6. The number of nitrogens with one attached hydrogen (secondary N) is 1. The molecule has 0 aromatic heterocycles. The van der Waals surface area contributed by atoms with Crippen LogP contribution in [0, 0.1) is 0 Å². The molecule has 0 bridgehead atoms. The first-order valence-corrected chi connectivity index (χ1v) is 20.7. The quantitative estimate of drug-likeness (QED) is 0.0337.